The Morgan fingerprint density at radius 2 is 2.00 bits per heavy atom. The van der Waals surface area contributed by atoms with Gasteiger partial charge in [0.05, 0.1) is 0 Å². The molecule has 5 fully saturated rings. The minimum Gasteiger partial charge on any atom is -0.361 e. The highest BCUT2D eigenvalue weighted by Crippen LogP contribution is 2.56. The van der Waals surface area contributed by atoms with Gasteiger partial charge in [0.1, 0.15) is 0 Å². The highest BCUT2D eigenvalue weighted by atomic mass is 16.2. The molecule has 29 heavy (non-hydrogen) atoms. The molecule has 1 amide bonds. The fourth-order valence-corrected chi connectivity index (χ4v) is 7.28. The number of hydrogen-bond acceptors (Lipinski definition) is 2. The molecular weight excluding hydrogens is 358 g/mol. The summed E-state index contributed by atoms with van der Waals surface area (Å²) in [6.07, 6.45) is 11.4. The molecule has 0 spiro atoms. The third-order valence-electron chi connectivity index (χ3n) is 8.57. The second-order valence-corrected chi connectivity index (χ2v) is 10.7. The molecule has 154 valence electrons. The fourth-order valence-electron chi connectivity index (χ4n) is 7.28. The molecule has 3 unspecified atom stereocenters. The fraction of sp³-hybridized carbons (Fsp3) is 0.640. The predicted octanol–water partition coefficient (Wildman–Crippen LogP) is 4.66. The first-order valence-corrected chi connectivity index (χ1v) is 11.7. The molecule has 2 saturated heterocycles. The number of rotatable bonds is 5. The Kier molecular flexibility index (Phi) is 3.94. The third kappa shape index (κ3) is 2.78. The van der Waals surface area contributed by atoms with Crippen LogP contribution in [0.25, 0.3) is 10.9 Å². The smallest absolute Gasteiger partial charge is 0.223 e. The van der Waals surface area contributed by atoms with Gasteiger partial charge in [-0.2, -0.15) is 0 Å². The molecule has 2 aliphatic heterocycles. The number of piperidine rings is 2. The summed E-state index contributed by atoms with van der Waals surface area (Å²) in [4.78, 5) is 19.3. The molecule has 3 saturated carbocycles. The van der Waals surface area contributed by atoms with Gasteiger partial charge < -0.3 is 15.6 Å². The first-order chi connectivity index (χ1) is 14.1. The minimum atomic E-state index is 0.247. The number of H-pyrrole nitrogens is 1. The lowest BCUT2D eigenvalue weighted by Gasteiger charge is -2.61. The van der Waals surface area contributed by atoms with Crippen LogP contribution in [-0.2, 0) is 4.79 Å². The van der Waals surface area contributed by atoms with Gasteiger partial charge in [-0.3, -0.25) is 4.79 Å². The largest absolute Gasteiger partial charge is 0.361 e. The van der Waals surface area contributed by atoms with Crippen molar-refractivity contribution < 1.29 is 4.79 Å². The molecule has 4 nitrogen and oxygen atoms in total. The highest BCUT2D eigenvalue weighted by Gasteiger charge is 2.54. The SMILES string of the molecule is CC(CC(=O)N1C2CC3CC1CC(CN)(C3)C2)c1c[nH]c2cccc(C3CC3)c12. The Morgan fingerprint density at radius 3 is 2.69 bits per heavy atom. The van der Waals surface area contributed by atoms with Crippen LogP contribution in [0.15, 0.2) is 24.4 Å². The van der Waals surface area contributed by atoms with Gasteiger partial charge in [-0.05, 0) is 91.9 Å². The second kappa shape index (κ2) is 6.34. The number of fused-ring (bicyclic) bond motifs is 1. The monoisotopic (exact) mass is 391 g/mol. The van der Waals surface area contributed by atoms with E-state index in [0.29, 0.717) is 29.8 Å². The van der Waals surface area contributed by atoms with E-state index in [1.807, 2.05) is 0 Å². The molecule has 2 aromatic rings. The number of nitrogens with one attached hydrogen (secondary N) is 1. The highest BCUT2D eigenvalue weighted by molar-refractivity contribution is 5.89. The molecule has 3 aliphatic carbocycles. The molecular formula is C25H33N3O. The number of carbonyl (C=O) groups excluding carboxylic acids is 1. The van der Waals surface area contributed by atoms with Crippen molar-refractivity contribution in [3.63, 3.8) is 0 Å². The average Bonchev–Trinajstić information content (AvgIpc) is 3.45. The normalized spacial score (nSPS) is 34.1. The first-order valence-electron chi connectivity index (χ1n) is 11.7. The maximum Gasteiger partial charge on any atom is 0.223 e. The summed E-state index contributed by atoms with van der Waals surface area (Å²) in [6.45, 7) is 3.04. The lowest BCUT2D eigenvalue weighted by molar-refractivity contribution is -0.157. The van der Waals surface area contributed by atoms with Crippen LogP contribution in [0.5, 0.6) is 0 Å². The van der Waals surface area contributed by atoms with Crippen LogP contribution >= 0.6 is 0 Å². The van der Waals surface area contributed by atoms with E-state index >= 15 is 0 Å². The zero-order valence-electron chi connectivity index (χ0n) is 17.5. The number of aromatic nitrogens is 1. The van der Waals surface area contributed by atoms with Gasteiger partial charge in [-0.1, -0.05) is 19.1 Å². The van der Waals surface area contributed by atoms with E-state index < -0.39 is 0 Å². The summed E-state index contributed by atoms with van der Waals surface area (Å²) >= 11 is 0. The number of aromatic amines is 1. The van der Waals surface area contributed by atoms with Crippen LogP contribution in [0.3, 0.4) is 0 Å². The molecule has 1 aromatic heterocycles. The Bertz CT molecular complexity index is 942. The maximum atomic E-state index is 13.5. The van der Waals surface area contributed by atoms with E-state index in [4.69, 9.17) is 5.73 Å². The van der Waals surface area contributed by atoms with E-state index in [1.165, 1.54) is 54.1 Å². The van der Waals surface area contributed by atoms with Gasteiger partial charge in [0, 0.05) is 35.6 Å². The van der Waals surface area contributed by atoms with Crippen LogP contribution in [0.4, 0.5) is 0 Å². The van der Waals surface area contributed by atoms with Crippen LogP contribution in [0, 0.1) is 11.3 Å². The lowest BCUT2D eigenvalue weighted by Crippen LogP contribution is -2.64. The molecule has 7 rings (SSSR count). The van der Waals surface area contributed by atoms with Crippen molar-refractivity contribution in [2.24, 2.45) is 17.1 Å². The van der Waals surface area contributed by atoms with Crippen LogP contribution in [0.2, 0.25) is 0 Å². The van der Waals surface area contributed by atoms with Crippen molar-refractivity contribution in [1.29, 1.82) is 0 Å². The molecule has 3 atom stereocenters. The van der Waals surface area contributed by atoms with Crippen molar-refractivity contribution in [3.05, 3.63) is 35.5 Å². The van der Waals surface area contributed by atoms with Gasteiger partial charge in [0.25, 0.3) is 0 Å². The van der Waals surface area contributed by atoms with Gasteiger partial charge >= 0.3 is 0 Å². The Hall–Kier alpha value is -1.81. The second-order valence-electron chi connectivity index (χ2n) is 10.7. The van der Waals surface area contributed by atoms with Gasteiger partial charge in [-0.15, -0.1) is 0 Å². The zero-order chi connectivity index (χ0) is 19.8. The summed E-state index contributed by atoms with van der Waals surface area (Å²) in [6, 6.07) is 7.51. The van der Waals surface area contributed by atoms with E-state index in [-0.39, 0.29) is 5.92 Å². The van der Waals surface area contributed by atoms with Crippen molar-refractivity contribution in [3.8, 4) is 0 Å². The van der Waals surface area contributed by atoms with Gasteiger partial charge in [-0.25, -0.2) is 0 Å². The summed E-state index contributed by atoms with van der Waals surface area (Å²) < 4.78 is 0. The van der Waals surface area contributed by atoms with Crippen LogP contribution in [-0.4, -0.2) is 34.4 Å². The van der Waals surface area contributed by atoms with E-state index in [2.05, 4.69) is 41.2 Å². The topological polar surface area (TPSA) is 62.1 Å². The summed E-state index contributed by atoms with van der Waals surface area (Å²) in [5, 5.41) is 1.39. The lowest BCUT2D eigenvalue weighted by atomic mass is 9.55. The molecule has 4 heteroatoms. The maximum absolute atomic E-state index is 13.5. The number of amides is 1. The molecule has 1 aromatic carbocycles. The number of nitrogens with two attached hydrogens (primary N) is 1. The standard InChI is InChI=1S/C25H33N3O/c1-15(21-13-27-22-4-2-3-20(24(21)22)17-5-6-17)7-23(29)28-18-8-16-9-19(28)12-25(10-16,11-18)14-26/h2-4,13,15-19,27H,5-12,14,26H2,1H3. The number of carbonyl (C=O) groups is 1. The summed E-state index contributed by atoms with van der Waals surface area (Å²) in [7, 11) is 0. The Labute approximate surface area is 173 Å². The van der Waals surface area contributed by atoms with Crippen molar-refractivity contribution in [2.75, 3.05) is 6.54 Å². The van der Waals surface area contributed by atoms with Crippen molar-refractivity contribution >= 4 is 16.8 Å². The first kappa shape index (κ1) is 18.0. The average molecular weight is 392 g/mol. The summed E-state index contributed by atoms with van der Waals surface area (Å²) in [5.74, 6) is 2.14. The van der Waals surface area contributed by atoms with Gasteiger partial charge in [0.2, 0.25) is 5.91 Å². The molecule has 0 radical (unpaired) electrons. The van der Waals surface area contributed by atoms with E-state index in [0.717, 1.165) is 31.2 Å². The molecule has 5 aliphatic rings. The third-order valence-corrected chi connectivity index (χ3v) is 8.57. The van der Waals surface area contributed by atoms with E-state index in [9.17, 15) is 4.79 Å². The van der Waals surface area contributed by atoms with E-state index in [1.54, 1.807) is 0 Å². The quantitative estimate of drug-likeness (QED) is 0.779. The Morgan fingerprint density at radius 1 is 1.24 bits per heavy atom. The number of hydrogen-bond donors (Lipinski definition) is 2. The number of nitrogens with zero attached hydrogens (tertiary/aromatic N) is 1. The zero-order valence-corrected chi connectivity index (χ0v) is 17.5. The molecule has 3 heterocycles. The van der Waals surface area contributed by atoms with Gasteiger partial charge in [0.15, 0.2) is 0 Å². The summed E-state index contributed by atoms with van der Waals surface area (Å²) in [5.41, 5.74) is 10.6. The van der Waals surface area contributed by atoms with Crippen LogP contribution < -0.4 is 5.73 Å². The predicted molar refractivity (Wildman–Crippen MR) is 116 cm³/mol. The molecule has 3 N–H and O–H groups in total. The van der Waals surface area contributed by atoms with Crippen LogP contribution in [0.1, 0.15) is 81.3 Å². The number of benzene rings is 1. The van der Waals surface area contributed by atoms with Crippen molar-refractivity contribution in [2.45, 2.75) is 82.2 Å². The molecule has 4 bridgehead atoms. The Balaban J connectivity index is 1.24. The van der Waals surface area contributed by atoms with Crippen molar-refractivity contribution in [1.82, 2.24) is 9.88 Å². The minimum absolute atomic E-state index is 0.247.